The number of nitrogens with zero attached hydrogens (tertiary/aromatic N) is 2. The van der Waals surface area contributed by atoms with E-state index in [2.05, 4.69) is 22.8 Å². The van der Waals surface area contributed by atoms with Gasteiger partial charge in [0, 0.05) is 31.7 Å². The Morgan fingerprint density at radius 1 is 1.00 bits per heavy atom. The summed E-state index contributed by atoms with van der Waals surface area (Å²) < 4.78 is 0. The van der Waals surface area contributed by atoms with Gasteiger partial charge in [0.2, 0.25) is 0 Å². The van der Waals surface area contributed by atoms with Gasteiger partial charge in [-0.25, -0.2) is 4.79 Å². The fourth-order valence-electron chi connectivity index (χ4n) is 5.36. The van der Waals surface area contributed by atoms with E-state index in [4.69, 9.17) is 16.6 Å². The van der Waals surface area contributed by atoms with Crippen LogP contribution in [0.3, 0.4) is 0 Å². The van der Waals surface area contributed by atoms with E-state index >= 15 is 0 Å². The second-order valence-corrected chi connectivity index (χ2v) is 10.7. The molecule has 0 unspecified atom stereocenters. The zero-order valence-electron chi connectivity index (χ0n) is 23.1. The molecule has 0 spiro atoms. The summed E-state index contributed by atoms with van der Waals surface area (Å²) >= 11 is 0. The number of unbranched alkanes of at least 4 members (excludes halogenated alkanes) is 5. The van der Waals surface area contributed by atoms with Gasteiger partial charge in [-0.3, -0.25) is 15.7 Å². The van der Waals surface area contributed by atoms with Crippen molar-refractivity contribution in [2.75, 3.05) is 26.2 Å². The summed E-state index contributed by atoms with van der Waals surface area (Å²) in [6.07, 6.45) is 9.64. The number of carboxylic acid groups (broad SMARTS) is 1. The van der Waals surface area contributed by atoms with Gasteiger partial charge in [0.15, 0.2) is 0 Å². The van der Waals surface area contributed by atoms with E-state index < -0.39 is 5.97 Å². The van der Waals surface area contributed by atoms with E-state index in [0.29, 0.717) is 23.9 Å². The minimum absolute atomic E-state index is 0.00386. The van der Waals surface area contributed by atoms with Crippen molar-refractivity contribution in [3.05, 3.63) is 59.2 Å². The molecule has 2 aromatic carbocycles. The van der Waals surface area contributed by atoms with Crippen LogP contribution >= 0.6 is 0 Å². The first-order chi connectivity index (χ1) is 18.3. The number of carboxylic acids is 1. The van der Waals surface area contributed by atoms with Crippen LogP contribution in [0.5, 0.6) is 0 Å². The number of hydrogen-bond acceptors (Lipinski definition) is 4. The lowest BCUT2D eigenvalue weighted by molar-refractivity contribution is 0.0696. The van der Waals surface area contributed by atoms with Crippen molar-refractivity contribution in [2.24, 2.45) is 11.7 Å². The molecular weight excluding hydrogens is 474 g/mol. The largest absolute Gasteiger partial charge is 0.478 e. The minimum atomic E-state index is -0.937. The van der Waals surface area contributed by atoms with Gasteiger partial charge >= 0.3 is 5.97 Å². The van der Waals surface area contributed by atoms with Crippen LogP contribution in [-0.4, -0.2) is 58.7 Å². The number of hydrogen-bond donors (Lipinski definition) is 4. The lowest BCUT2D eigenvalue weighted by Gasteiger charge is -2.35. The maximum atomic E-state index is 12.0. The number of likely N-dealkylation sites (tertiary alicyclic amines) is 1. The Kier molecular flexibility index (Phi) is 11.3. The lowest BCUT2D eigenvalue weighted by Crippen LogP contribution is -2.40. The van der Waals surface area contributed by atoms with E-state index in [1.54, 1.807) is 18.2 Å². The number of benzene rings is 2. The molecule has 1 fully saturated rings. The third kappa shape index (κ3) is 8.98. The van der Waals surface area contributed by atoms with Gasteiger partial charge in [0.25, 0.3) is 0 Å². The van der Waals surface area contributed by atoms with Crippen molar-refractivity contribution in [2.45, 2.75) is 71.8 Å². The van der Waals surface area contributed by atoms with Crippen molar-refractivity contribution < 1.29 is 9.90 Å². The first kappa shape index (κ1) is 29.4. The maximum Gasteiger partial charge on any atom is 0.335 e. The Labute approximate surface area is 228 Å². The minimum Gasteiger partial charge on any atom is -0.478 e. The van der Waals surface area contributed by atoms with Crippen molar-refractivity contribution >= 4 is 17.6 Å². The SMILES string of the molecule is CCCCCCCCN(Cc1cc(C(=O)O)cc(-c2cccc(C(=N)N)c2)c1)CC1CCN(C(C)=N)CC1. The van der Waals surface area contributed by atoms with Crippen molar-refractivity contribution in [3.63, 3.8) is 0 Å². The summed E-state index contributed by atoms with van der Waals surface area (Å²) in [7, 11) is 0. The van der Waals surface area contributed by atoms with Crippen LogP contribution in [0.1, 0.15) is 86.7 Å². The molecule has 1 aliphatic heterocycles. The molecule has 0 atom stereocenters. The fourth-order valence-corrected chi connectivity index (χ4v) is 5.36. The van der Waals surface area contributed by atoms with Crippen LogP contribution in [0.25, 0.3) is 11.1 Å². The highest BCUT2D eigenvalue weighted by Gasteiger charge is 2.22. The predicted molar refractivity (Wildman–Crippen MR) is 156 cm³/mol. The molecule has 0 radical (unpaired) electrons. The van der Waals surface area contributed by atoms with Gasteiger partial charge < -0.3 is 15.7 Å². The number of aromatic carboxylic acids is 1. The predicted octanol–water partition coefficient (Wildman–Crippen LogP) is 6.21. The highest BCUT2D eigenvalue weighted by molar-refractivity contribution is 5.96. The van der Waals surface area contributed by atoms with Crippen LogP contribution in [0, 0.1) is 16.7 Å². The molecule has 7 heteroatoms. The van der Waals surface area contributed by atoms with Gasteiger partial charge in [-0.1, -0.05) is 57.2 Å². The molecule has 3 rings (SSSR count). The highest BCUT2D eigenvalue weighted by atomic mass is 16.4. The third-order valence-electron chi connectivity index (χ3n) is 7.59. The molecule has 1 aliphatic rings. The molecule has 0 aromatic heterocycles. The maximum absolute atomic E-state index is 12.0. The second kappa shape index (κ2) is 14.7. The number of nitrogens with one attached hydrogen (secondary N) is 2. The van der Waals surface area contributed by atoms with Gasteiger partial charge in [0.05, 0.1) is 11.4 Å². The first-order valence-corrected chi connectivity index (χ1v) is 14.1. The van der Waals surface area contributed by atoms with E-state index in [1.165, 1.54) is 32.1 Å². The number of piperidine rings is 1. The fraction of sp³-hybridized carbons (Fsp3) is 0.516. The van der Waals surface area contributed by atoms with E-state index in [-0.39, 0.29) is 11.4 Å². The Balaban J connectivity index is 1.78. The molecule has 206 valence electrons. The highest BCUT2D eigenvalue weighted by Crippen LogP contribution is 2.26. The Bertz CT molecular complexity index is 1090. The summed E-state index contributed by atoms with van der Waals surface area (Å²) in [6.45, 7) is 8.69. The molecule has 0 saturated carbocycles. The van der Waals surface area contributed by atoms with Crippen LogP contribution in [0.15, 0.2) is 42.5 Å². The first-order valence-electron chi connectivity index (χ1n) is 14.1. The van der Waals surface area contributed by atoms with Crippen molar-refractivity contribution in [1.29, 1.82) is 10.8 Å². The summed E-state index contributed by atoms with van der Waals surface area (Å²) in [5.41, 5.74) is 9.29. The molecule has 7 nitrogen and oxygen atoms in total. The zero-order chi connectivity index (χ0) is 27.5. The third-order valence-corrected chi connectivity index (χ3v) is 7.59. The van der Waals surface area contributed by atoms with Gasteiger partial charge in [-0.15, -0.1) is 0 Å². The number of amidine groups is 2. The Morgan fingerprint density at radius 2 is 1.68 bits per heavy atom. The quantitative estimate of drug-likeness (QED) is 0.134. The summed E-state index contributed by atoms with van der Waals surface area (Å²) in [6, 6.07) is 13.0. The van der Waals surface area contributed by atoms with Crippen LogP contribution in [-0.2, 0) is 6.54 Å². The molecule has 1 saturated heterocycles. The number of nitrogen functional groups attached to an aromatic ring is 1. The average molecular weight is 520 g/mol. The van der Waals surface area contributed by atoms with E-state index in [9.17, 15) is 9.90 Å². The van der Waals surface area contributed by atoms with Crippen molar-refractivity contribution in [1.82, 2.24) is 9.80 Å². The number of carbonyl (C=O) groups is 1. The molecule has 0 bridgehead atoms. The van der Waals surface area contributed by atoms with Crippen molar-refractivity contribution in [3.8, 4) is 11.1 Å². The monoisotopic (exact) mass is 519 g/mol. The molecular formula is C31H45N5O2. The molecule has 2 aromatic rings. The standard InChI is InChI=1S/C31H45N5O2/c1-3-4-5-6-7-8-14-35(21-24-12-15-36(16-13-24)23(2)32)22-25-17-28(20-29(18-25)31(37)38)26-10-9-11-27(19-26)30(33)34/h9-11,17-20,24,32H,3-8,12-16,21-22H2,1-2H3,(H3,33,34)(H,37,38). The Hall–Kier alpha value is -3.19. The molecule has 5 N–H and O–H groups in total. The number of nitrogens with two attached hydrogens (primary N) is 1. The van der Waals surface area contributed by atoms with Gasteiger partial charge in [-0.2, -0.15) is 0 Å². The molecule has 38 heavy (non-hydrogen) atoms. The molecule has 0 aliphatic carbocycles. The van der Waals surface area contributed by atoms with E-state index in [1.807, 2.05) is 25.1 Å². The second-order valence-electron chi connectivity index (χ2n) is 10.7. The molecule has 0 amide bonds. The normalized spacial score (nSPS) is 14.1. The summed E-state index contributed by atoms with van der Waals surface area (Å²) in [5.74, 6) is 0.294. The smallest absolute Gasteiger partial charge is 0.335 e. The summed E-state index contributed by atoms with van der Waals surface area (Å²) in [4.78, 5) is 16.7. The number of rotatable bonds is 14. The van der Waals surface area contributed by atoms with Crippen LogP contribution in [0.4, 0.5) is 0 Å². The van der Waals surface area contributed by atoms with Crippen LogP contribution in [0.2, 0.25) is 0 Å². The zero-order valence-corrected chi connectivity index (χ0v) is 23.1. The summed E-state index contributed by atoms with van der Waals surface area (Å²) in [5, 5.41) is 25.6. The lowest BCUT2D eigenvalue weighted by atomic mass is 9.95. The topological polar surface area (TPSA) is 118 Å². The van der Waals surface area contributed by atoms with E-state index in [0.717, 1.165) is 62.1 Å². The Morgan fingerprint density at radius 3 is 2.34 bits per heavy atom. The average Bonchev–Trinajstić information content (AvgIpc) is 2.90. The molecule has 1 heterocycles. The van der Waals surface area contributed by atoms with Gasteiger partial charge in [-0.05, 0) is 79.6 Å². The van der Waals surface area contributed by atoms with Crippen LogP contribution < -0.4 is 5.73 Å². The van der Waals surface area contributed by atoms with Gasteiger partial charge in [0.1, 0.15) is 5.84 Å².